The summed E-state index contributed by atoms with van der Waals surface area (Å²) in [4.78, 5) is 0. The van der Waals surface area contributed by atoms with Gasteiger partial charge in [0.15, 0.2) is 16.7 Å². The highest BCUT2D eigenvalue weighted by Crippen LogP contribution is 2.28. The van der Waals surface area contributed by atoms with Crippen molar-refractivity contribution in [1.82, 2.24) is 14.8 Å². The van der Waals surface area contributed by atoms with Crippen LogP contribution >= 0.6 is 23.8 Å². The Morgan fingerprint density at radius 1 is 1.19 bits per heavy atom. The molecule has 0 bridgehead atoms. The molecule has 0 amide bonds. The van der Waals surface area contributed by atoms with Gasteiger partial charge in [-0.05, 0) is 79.4 Å². The molecule has 0 radical (unpaired) electrons. The number of hydrogen-bond donors (Lipinski definition) is 1. The Morgan fingerprint density at radius 2 is 1.96 bits per heavy atom. The number of halogens is 1. The van der Waals surface area contributed by atoms with E-state index in [0.717, 1.165) is 28.6 Å². The lowest BCUT2D eigenvalue weighted by molar-refractivity contribution is 0.211. The molecule has 1 N–H and O–H groups in total. The molecule has 4 nitrogen and oxygen atoms in total. The van der Waals surface area contributed by atoms with Crippen molar-refractivity contribution in [1.29, 1.82) is 0 Å². The number of aryl methyl sites for hydroxylation is 2. The van der Waals surface area contributed by atoms with Crippen molar-refractivity contribution in [3.05, 3.63) is 74.8 Å². The summed E-state index contributed by atoms with van der Waals surface area (Å²) in [6.45, 7) is 2.62. The average Bonchev–Trinajstić information content (AvgIpc) is 3.23. The van der Waals surface area contributed by atoms with Gasteiger partial charge in [0.1, 0.15) is 5.75 Å². The first-order valence-electron chi connectivity index (χ1n) is 8.78. The number of nitrogens with one attached hydrogen (secondary N) is 1. The molecule has 0 spiro atoms. The minimum Gasteiger partial charge on any atom is -0.483 e. The first-order chi connectivity index (χ1) is 12.6. The SMILES string of the molecule is CC(Oc1ccc2c(c1)CCC2)c1n[nH]c(=S)n1Cc1ccc(Cl)cc1. The van der Waals surface area contributed by atoms with E-state index < -0.39 is 0 Å². The molecule has 3 aromatic rings. The maximum Gasteiger partial charge on any atom is 0.195 e. The normalized spacial score (nSPS) is 14.2. The second-order valence-electron chi connectivity index (χ2n) is 6.64. The Hall–Kier alpha value is -2.11. The summed E-state index contributed by atoms with van der Waals surface area (Å²) in [6, 6.07) is 14.1. The second kappa shape index (κ2) is 7.25. The van der Waals surface area contributed by atoms with Gasteiger partial charge in [-0.25, -0.2) is 0 Å². The van der Waals surface area contributed by atoms with Crippen molar-refractivity contribution in [2.45, 2.75) is 38.8 Å². The number of aromatic nitrogens is 3. The lowest BCUT2D eigenvalue weighted by Crippen LogP contribution is -2.13. The summed E-state index contributed by atoms with van der Waals surface area (Å²) in [7, 11) is 0. The van der Waals surface area contributed by atoms with Crippen LogP contribution in [0.15, 0.2) is 42.5 Å². The first kappa shape index (κ1) is 17.3. The zero-order valence-electron chi connectivity index (χ0n) is 14.5. The van der Waals surface area contributed by atoms with Crippen molar-refractivity contribution >= 4 is 23.8 Å². The topological polar surface area (TPSA) is 42.8 Å². The fourth-order valence-electron chi connectivity index (χ4n) is 3.44. The lowest BCUT2D eigenvalue weighted by Gasteiger charge is -2.16. The molecule has 1 atom stereocenters. The van der Waals surface area contributed by atoms with Gasteiger partial charge in [-0.3, -0.25) is 9.67 Å². The molecule has 1 heterocycles. The molecule has 0 saturated carbocycles. The van der Waals surface area contributed by atoms with Crippen LogP contribution < -0.4 is 4.74 Å². The number of hydrogen-bond acceptors (Lipinski definition) is 3. The molecule has 26 heavy (non-hydrogen) atoms. The van der Waals surface area contributed by atoms with Crippen LogP contribution in [0.2, 0.25) is 5.02 Å². The number of fused-ring (bicyclic) bond motifs is 1. The number of rotatable bonds is 5. The molecule has 1 aliphatic carbocycles. The van der Waals surface area contributed by atoms with Crippen LogP contribution in [0.25, 0.3) is 0 Å². The van der Waals surface area contributed by atoms with E-state index in [4.69, 9.17) is 28.6 Å². The highest BCUT2D eigenvalue weighted by Gasteiger charge is 2.18. The summed E-state index contributed by atoms with van der Waals surface area (Å²) < 4.78 is 8.72. The molecule has 4 rings (SSSR count). The van der Waals surface area contributed by atoms with E-state index >= 15 is 0 Å². The standard InChI is InChI=1S/C20H20ClN3OS/c1-13(25-18-10-7-15-3-2-4-16(15)11-18)19-22-23-20(26)24(19)12-14-5-8-17(21)9-6-14/h5-11,13H,2-4,12H2,1H3,(H,23,26). The Bertz CT molecular complexity index is 977. The van der Waals surface area contributed by atoms with Gasteiger partial charge in [0, 0.05) is 5.02 Å². The monoisotopic (exact) mass is 385 g/mol. The largest absolute Gasteiger partial charge is 0.483 e. The van der Waals surface area contributed by atoms with Crippen LogP contribution in [-0.2, 0) is 19.4 Å². The molecule has 1 aliphatic rings. The van der Waals surface area contributed by atoms with Crippen LogP contribution in [-0.4, -0.2) is 14.8 Å². The van der Waals surface area contributed by atoms with Crippen LogP contribution in [0.5, 0.6) is 5.75 Å². The van der Waals surface area contributed by atoms with E-state index in [2.05, 4.69) is 22.3 Å². The van der Waals surface area contributed by atoms with Crippen molar-refractivity contribution in [2.24, 2.45) is 0 Å². The number of benzene rings is 2. The van der Waals surface area contributed by atoms with E-state index in [1.807, 2.05) is 41.8 Å². The number of H-pyrrole nitrogens is 1. The molecule has 0 saturated heterocycles. The maximum atomic E-state index is 6.17. The molecule has 6 heteroatoms. The fraction of sp³-hybridized carbons (Fsp3) is 0.300. The van der Waals surface area contributed by atoms with Gasteiger partial charge in [0.25, 0.3) is 0 Å². The molecule has 134 valence electrons. The molecular formula is C20H20ClN3OS. The molecular weight excluding hydrogens is 366 g/mol. The predicted octanol–water partition coefficient (Wildman–Crippen LogP) is 5.27. The molecule has 1 unspecified atom stereocenters. The Labute approximate surface area is 162 Å². The van der Waals surface area contributed by atoms with E-state index in [1.165, 1.54) is 24.0 Å². The van der Waals surface area contributed by atoms with Crippen molar-refractivity contribution < 1.29 is 4.74 Å². The van der Waals surface area contributed by atoms with Crippen LogP contribution in [0.4, 0.5) is 0 Å². The lowest BCUT2D eigenvalue weighted by atomic mass is 10.1. The van der Waals surface area contributed by atoms with E-state index in [1.54, 1.807) is 0 Å². The van der Waals surface area contributed by atoms with Crippen LogP contribution in [0.1, 0.15) is 42.0 Å². The van der Waals surface area contributed by atoms with Crippen molar-refractivity contribution in [3.63, 3.8) is 0 Å². The van der Waals surface area contributed by atoms with Gasteiger partial charge in [0.05, 0.1) is 6.54 Å². The predicted molar refractivity (Wildman–Crippen MR) is 105 cm³/mol. The van der Waals surface area contributed by atoms with Gasteiger partial charge in [-0.1, -0.05) is 29.8 Å². The Morgan fingerprint density at radius 3 is 2.77 bits per heavy atom. The molecule has 0 aliphatic heterocycles. The average molecular weight is 386 g/mol. The highest BCUT2D eigenvalue weighted by molar-refractivity contribution is 7.71. The summed E-state index contributed by atoms with van der Waals surface area (Å²) in [5, 5.41) is 8.00. The number of aromatic amines is 1. The summed E-state index contributed by atoms with van der Waals surface area (Å²) >= 11 is 11.4. The highest BCUT2D eigenvalue weighted by atomic mass is 35.5. The van der Waals surface area contributed by atoms with Crippen LogP contribution in [0, 0.1) is 4.77 Å². The van der Waals surface area contributed by atoms with Gasteiger partial charge in [-0.2, -0.15) is 5.10 Å². The van der Waals surface area contributed by atoms with E-state index in [-0.39, 0.29) is 6.10 Å². The second-order valence-corrected chi connectivity index (χ2v) is 7.47. The molecule has 0 fully saturated rings. The van der Waals surface area contributed by atoms with Crippen molar-refractivity contribution in [3.8, 4) is 5.75 Å². The van der Waals surface area contributed by atoms with Gasteiger partial charge >= 0.3 is 0 Å². The van der Waals surface area contributed by atoms with Gasteiger partial charge in [-0.15, -0.1) is 0 Å². The summed E-state index contributed by atoms with van der Waals surface area (Å²) in [5.74, 6) is 1.66. The quantitative estimate of drug-likeness (QED) is 0.608. The number of nitrogens with zero attached hydrogens (tertiary/aromatic N) is 2. The molecule has 1 aromatic heterocycles. The minimum atomic E-state index is -0.213. The Balaban J connectivity index is 1.55. The smallest absolute Gasteiger partial charge is 0.195 e. The molecule has 2 aromatic carbocycles. The van der Waals surface area contributed by atoms with Gasteiger partial charge < -0.3 is 4.74 Å². The van der Waals surface area contributed by atoms with Crippen molar-refractivity contribution in [2.75, 3.05) is 0 Å². The number of ether oxygens (including phenoxy) is 1. The minimum absolute atomic E-state index is 0.213. The summed E-state index contributed by atoms with van der Waals surface area (Å²) in [5.41, 5.74) is 3.95. The van der Waals surface area contributed by atoms with Crippen LogP contribution in [0.3, 0.4) is 0 Å². The van der Waals surface area contributed by atoms with E-state index in [0.29, 0.717) is 11.3 Å². The Kier molecular flexibility index (Phi) is 4.83. The van der Waals surface area contributed by atoms with Gasteiger partial charge in [0.2, 0.25) is 0 Å². The maximum absolute atomic E-state index is 6.17. The zero-order valence-corrected chi connectivity index (χ0v) is 16.1. The fourth-order valence-corrected chi connectivity index (χ4v) is 3.77. The third kappa shape index (κ3) is 3.55. The first-order valence-corrected chi connectivity index (χ1v) is 9.57. The van der Waals surface area contributed by atoms with E-state index in [9.17, 15) is 0 Å². The third-order valence-corrected chi connectivity index (χ3v) is 5.35. The third-order valence-electron chi connectivity index (χ3n) is 4.79. The summed E-state index contributed by atoms with van der Waals surface area (Å²) in [6.07, 6.45) is 3.32. The zero-order chi connectivity index (χ0) is 18.1.